The van der Waals surface area contributed by atoms with Crippen molar-refractivity contribution in [2.24, 2.45) is 5.92 Å². The number of halogens is 1. The first-order valence-electron chi connectivity index (χ1n) is 11.2. The quantitative estimate of drug-likeness (QED) is 0.537. The first-order chi connectivity index (χ1) is 15.7. The van der Waals surface area contributed by atoms with Crippen LogP contribution < -0.4 is 5.32 Å². The minimum Gasteiger partial charge on any atom is -0.379 e. The molecule has 0 aromatic heterocycles. The molecule has 3 aromatic rings. The SMILES string of the molecule is O=C(Nc1ccc(-c2ccc(Cl)cc2)cc1)C1CC1c1ccc(CN2CCOCC2)cc1. The first kappa shape index (κ1) is 21.2. The number of carbonyl (C=O) groups excluding carboxylic acids is 1. The molecule has 3 aromatic carbocycles. The van der Waals surface area contributed by atoms with E-state index in [-0.39, 0.29) is 11.8 Å². The van der Waals surface area contributed by atoms with Crippen molar-refractivity contribution in [2.45, 2.75) is 18.9 Å². The summed E-state index contributed by atoms with van der Waals surface area (Å²) in [5, 5.41) is 3.80. The standard InChI is InChI=1S/C27H27ClN2O2/c28-23-9-5-20(6-10-23)21-7-11-24(12-8-21)29-27(31)26-17-25(26)22-3-1-19(2-4-22)18-30-13-15-32-16-14-30/h1-12,25-26H,13-18H2,(H,29,31). The van der Waals surface area contributed by atoms with Crippen LogP contribution in [-0.2, 0) is 16.1 Å². The van der Waals surface area contributed by atoms with E-state index in [2.05, 4.69) is 34.5 Å². The number of carbonyl (C=O) groups is 1. The molecule has 2 unspecified atom stereocenters. The minimum absolute atomic E-state index is 0.0519. The topological polar surface area (TPSA) is 41.6 Å². The summed E-state index contributed by atoms with van der Waals surface area (Å²) in [6, 6.07) is 24.5. The largest absolute Gasteiger partial charge is 0.379 e. The highest BCUT2D eigenvalue weighted by molar-refractivity contribution is 6.30. The average Bonchev–Trinajstić information content (AvgIpc) is 3.63. The smallest absolute Gasteiger partial charge is 0.228 e. The van der Waals surface area contributed by atoms with Crippen molar-refractivity contribution in [1.29, 1.82) is 0 Å². The number of anilines is 1. The van der Waals surface area contributed by atoms with Crippen molar-refractivity contribution >= 4 is 23.2 Å². The number of morpholine rings is 1. The Morgan fingerprint density at radius 3 is 2.19 bits per heavy atom. The molecule has 1 N–H and O–H groups in total. The monoisotopic (exact) mass is 446 g/mol. The van der Waals surface area contributed by atoms with Gasteiger partial charge in [0.15, 0.2) is 0 Å². The zero-order chi connectivity index (χ0) is 21.9. The molecule has 5 heteroatoms. The summed E-state index contributed by atoms with van der Waals surface area (Å²) in [6.45, 7) is 4.59. The van der Waals surface area contributed by atoms with Gasteiger partial charge in [-0.05, 0) is 58.9 Å². The van der Waals surface area contributed by atoms with Crippen molar-refractivity contribution in [1.82, 2.24) is 4.90 Å². The van der Waals surface area contributed by atoms with Crippen LogP contribution in [0.2, 0.25) is 5.02 Å². The summed E-state index contributed by atoms with van der Waals surface area (Å²) in [6.07, 6.45) is 0.914. The lowest BCUT2D eigenvalue weighted by atomic mass is 10.1. The van der Waals surface area contributed by atoms with Crippen molar-refractivity contribution in [3.05, 3.63) is 88.9 Å². The maximum Gasteiger partial charge on any atom is 0.228 e. The summed E-state index contributed by atoms with van der Waals surface area (Å²) in [7, 11) is 0. The number of nitrogens with one attached hydrogen (secondary N) is 1. The van der Waals surface area contributed by atoms with Gasteiger partial charge in [0.2, 0.25) is 5.91 Å². The molecule has 1 heterocycles. The molecule has 5 rings (SSSR count). The van der Waals surface area contributed by atoms with E-state index in [1.807, 2.05) is 48.5 Å². The fourth-order valence-electron chi connectivity index (χ4n) is 4.36. The fourth-order valence-corrected chi connectivity index (χ4v) is 4.49. The van der Waals surface area contributed by atoms with Gasteiger partial charge in [0.25, 0.3) is 0 Å². The van der Waals surface area contributed by atoms with Crippen LogP contribution in [0.15, 0.2) is 72.8 Å². The molecule has 0 radical (unpaired) electrons. The Morgan fingerprint density at radius 1 is 0.906 bits per heavy atom. The van der Waals surface area contributed by atoms with E-state index in [1.54, 1.807) is 0 Å². The van der Waals surface area contributed by atoms with Crippen molar-refractivity contribution in [2.75, 3.05) is 31.6 Å². The van der Waals surface area contributed by atoms with Crippen LogP contribution in [-0.4, -0.2) is 37.1 Å². The number of ether oxygens (including phenoxy) is 1. The molecule has 4 nitrogen and oxygen atoms in total. The molecule has 1 aliphatic heterocycles. The Balaban J connectivity index is 1.15. The fraction of sp³-hybridized carbons (Fsp3) is 0.296. The van der Waals surface area contributed by atoms with Gasteiger partial charge in [-0.1, -0.05) is 60.1 Å². The average molecular weight is 447 g/mol. The molecule has 0 bridgehead atoms. The summed E-state index contributed by atoms with van der Waals surface area (Å²) in [4.78, 5) is 15.2. The molecule has 2 atom stereocenters. The lowest BCUT2D eigenvalue weighted by Crippen LogP contribution is -2.35. The van der Waals surface area contributed by atoms with Crippen LogP contribution in [0.4, 0.5) is 5.69 Å². The number of nitrogens with zero attached hydrogens (tertiary/aromatic N) is 1. The van der Waals surface area contributed by atoms with Gasteiger partial charge in [0.05, 0.1) is 13.2 Å². The van der Waals surface area contributed by atoms with Crippen LogP contribution in [0.1, 0.15) is 23.5 Å². The molecular weight excluding hydrogens is 420 g/mol. The summed E-state index contributed by atoms with van der Waals surface area (Å²) in [5.41, 5.74) is 5.61. The van der Waals surface area contributed by atoms with Crippen molar-refractivity contribution in [3.8, 4) is 11.1 Å². The Hall–Kier alpha value is -2.66. The van der Waals surface area contributed by atoms with E-state index in [1.165, 1.54) is 11.1 Å². The highest BCUT2D eigenvalue weighted by atomic mass is 35.5. The minimum atomic E-state index is 0.0519. The van der Waals surface area contributed by atoms with Gasteiger partial charge >= 0.3 is 0 Å². The maximum absolute atomic E-state index is 12.7. The second-order valence-corrected chi connectivity index (χ2v) is 9.09. The molecule has 0 spiro atoms. The predicted molar refractivity (Wildman–Crippen MR) is 129 cm³/mol. The van der Waals surface area contributed by atoms with E-state index in [0.717, 1.165) is 61.1 Å². The molecule has 164 valence electrons. The highest BCUT2D eigenvalue weighted by Gasteiger charge is 2.43. The van der Waals surface area contributed by atoms with Crippen molar-refractivity contribution < 1.29 is 9.53 Å². The van der Waals surface area contributed by atoms with Gasteiger partial charge in [-0.3, -0.25) is 9.69 Å². The van der Waals surface area contributed by atoms with Gasteiger partial charge in [-0.2, -0.15) is 0 Å². The molecular formula is C27H27ClN2O2. The van der Waals surface area contributed by atoms with E-state index in [0.29, 0.717) is 5.92 Å². The van der Waals surface area contributed by atoms with Gasteiger partial charge in [-0.15, -0.1) is 0 Å². The Kier molecular flexibility index (Phi) is 6.26. The Morgan fingerprint density at radius 2 is 1.53 bits per heavy atom. The zero-order valence-electron chi connectivity index (χ0n) is 18.0. The van der Waals surface area contributed by atoms with E-state index in [9.17, 15) is 4.79 Å². The predicted octanol–water partition coefficient (Wildman–Crippen LogP) is 5.58. The normalized spacial score (nSPS) is 20.7. The lowest BCUT2D eigenvalue weighted by molar-refractivity contribution is -0.117. The highest BCUT2D eigenvalue weighted by Crippen LogP contribution is 2.48. The van der Waals surface area contributed by atoms with Crippen LogP contribution >= 0.6 is 11.6 Å². The number of hydrogen-bond donors (Lipinski definition) is 1. The number of benzene rings is 3. The lowest BCUT2D eigenvalue weighted by Gasteiger charge is -2.26. The van der Waals surface area contributed by atoms with E-state index < -0.39 is 0 Å². The molecule has 32 heavy (non-hydrogen) atoms. The van der Waals surface area contributed by atoms with Crippen LogP contribution in [0.25, 0.3) is 11.1 Å². The molecule has 1 saturated heterocycles. The Labute approximate surface area is 194 Å². The molecule has 1 saturated carbocycles. The number of rotatable bonds is 6. The zero-order valence-corrected chi connectivity index (χ0v) is 18.7. The van der Waals surface area contributed by atoms with Crippen LogP contribution in [0, 0.1) is 5.92 Å². The van der Waals surface area contributed by atoms with Gasteiger partial charge in [0, 0.05) is 36.3 Å². The van der Waals surface area contributed by atoms with E-state index >= 15 is 0 Å². The van der Waals surface area contributed by atoms with Crippen LogP contribution in [0.5, 0.6) is 0 Å². The van der Waals surface area contributed by atoms with Crippen molar-refractivity contribution in [3.63, 3.8) is 0 Å². The van der Waals surface area contributed by atoms with Gasteiger partial charge in [0.1, 0.15) is 0 Å². The third-order valence-corrected chi connectivity index (χ3v) is 6.63. The third-order valence-electron chi connectivity index (χ3n) is 6.37. The maximum atomic E-state index is 12.7. The summed E-state index contributed by atoms with van der Waals surface area (Å²) >= 11 is 5.97. The first-order valence-corrected chi connectivity index (χ1v) is 11.6. The van der Waals surface area contributed by atoms with E-state index in [4.69, 9.17) is 16.3 Å². The summed E-state index contributed by atoms with van der Waals surface area (Å²) < 4.78 is 5.42. The third kappa shape index (κ3) is 5.04. The molecule has 2 fully saturated rings. The van der Waals surface area contributed by atoms with Gasteiger partial charge < -0.3 is 10.1 Å². The molecule has 1 amide bonds. The molecule has 1 aliphatic carbocycles. The second kappa shape index (κ2) is 9.45. The Bertz CT molecular complexity index is 1060. The number of amides is 1. The molecule has 2 aliphatic rings. The number of hydrogen-bond acceptors (Lipinski definition) is 3. The van der Waals surface area contributed by atoms with Gasteiger partial charge in [-0.25, -0.2) is 0 Å². The van der Waals surface area contributed by atoms with Crippen LogP contribution in [0.3, 0.4) is 0 Å². The summed E-state index contributed by atoms with van der Waals surface area (Å²) in [5.74, 6) is 0.475. The second-order valence-electron chi connectivity index (χ2n) is 8.65.